The van der Waals surface area contributed by atoms with Crippen molar-refractivity contribution in [2.24, 2.45) is 0 Å². The van der Waals surface area contributed by atoms with Gasteiger partial charge in [0.2, 0.25) is 0 Å². The summed E-state index contributed by atoms with van der Waals surface area (Å²) in [5, 5.41) is 1.16. The molecule has 0 aliphatic carbocycles. The van der Waals surface area contributed by atoms with Gasteiger partial charge in [-0.15, -0.1) is 11.3 Å². The average Bonchev–Trinajstić information content (AvgIpc) is 3.35. The minimum atomic E-state index is -4.90. The van der Waals surface area contributed by atoms with Gasteiger partial charge in [0.1, 0.15) is 17.4 Å². The monoisotopic (exact) mass is 602 g/mol. The molecule has 0 amide bonds. The third-order valence-electron chi connectivity index (χ3n) is 6.86. The fourth-order valence-corrected chi connectivity index (χ4v) is 5.85. The van der Waals surface area contributed by atoms with Crippen LogP contribution < -0.4 is 4.74 Å². The molecule has 0 bridgehead atoms. The third kappa shape index (κ3) is 6.78. The highest BCUT2D eigenvalue weighted by atomic mass is 32.1. The molecule has 4 aromatic carbocycles. The number of halogens is 7. The number of alkyl halides is 5. The van der Waals surface area contributed by atoms with Crippen LogP contribution in [0.15, 0.2) is 84.9 Å². The Bertz CT molecular complexity index is 1700. The zero-order valence-corrected chi connectivity index (χ0v) is 23.2. The minimum Gasteiger partial charge on any atom is -0.432 e. The highest BCUT2D eigenvalue weighted by Gasteiger charge is 2.34. The van der Waals surface area contributed by atoms with E-state index in [1.165, 1.54) is 10.3 Å². The largest absolute Gasteiger partial charge is 0.432 e. The molecule has 0 atom stereocenters. The SMILES string of the molecule is CCCc1ccc2cc(-c3ccc(CCC(F)(F)Oc4ccc(-c5ccc(C(F)(F)F)c(F)c5)c(F)c4)cc3)sc2c1. The number of rotatable bonds is 9. The molecule has 0 aliphatic rings. The Morgan fingerprint density at radius 1 is 0.690 bits per heavy atom. The fourth-order valence-electron chi connectivity index (χ4n) is 4.72. The van der Waals surface area contributed by atoms with E-state index < -0.39 is 41.7 Å². The van der Waals surface area contributed by atoms with Gasteiger partial charge in [0.25, 0.3) is 0 Å². The van der Waals surface area contributed by atoms with Gasteiger partial charge in [0, 0.05) is 21.2 Å². The first-order valence-corrected chi connectivity index (χ1v) is 14.1. The van der Waals surface area contributed by atoms with E-state index in [1.807, 2.05) is 12.1 Å². The number of aryl methyl sites for hydroxylation is 2. The van der Waals surface area contributed by atoms with E-state index in [0.29, 0.717) is 23.8 Å². The molecule has 1 nitrogen and oxygen atoms in total. The van der Waals surface area contributed by atoms with Crippen molar-refractivity contribution in [3.05, 3.63) is 113 Å². The Kier molecular flexibility index (Phi) is 8.32. The maximum atomic E-state index is 14.7. The van der Waals surface area contributed by atoms with Crippen molar-refractivity contribution in [1.82, 2.24) is 0 Å². The predicted octanol–water partition coefficient (Wildman–Crippen LogP) is 11.1. The molecule has 0 spiro atoms. The lowest BCUT2D eigenvalue weighted by Gasteiger charge is -2.18. The van der Waals surface area contributed by atoms with E-state index in [-0.39, 0.29) is 17.5 Å². The lowest BCUT2D eigenvalue weighted by atomic mass is 10.0. The Labute approximate surface area is 242 Å². The molecule has 0 fully saturated rings. The van der Waals surface area contributed by atoms with Crippen LogP contribution in [0.1, 0.15) is 36.5 Å². The summed E-state index contributed by atoms with van der Waals surface area (Å²) < 4.78 is 102. The summed E-state index contributed by atoms with van der Waals surface area (Å²) >= 11 is 1.68. The first-order chi connectivity index (χ1) is 19.9. The molecule has 1 heterocycles. The van der Waals surface area contributed by atoms with Crippen LogP contribution in [0.2, 0.25) is 0 Å². The van der Waals surface area contributed by atoms with E-state index in [0.717, 1.165) is 46.9 Å². The maximum absolute atomic E-state index is 14.7. The van der Waals surface area contributed by atoms with E-state index >= 15 is 0 Å². The standard InChI is InChI=1S/C33H25F7OS/c1-2-3-21-6-9-24-18-31(42-30(24)16-21)22-7-4-20(5-8-22)14-15-32(36,37)41-25-11-12-26(28(34)19-25)23-10-13-27(29(35)17-23)33(38,39)40/h4-13,16-19H,2-3,14-15H2,1H3. The van der Waals surface area contributed by atoms with Crippen LogP contribution in [0.25, 0.3) is 31.7 Å². The molecule has 5 rings (SSSR count). The summed E-state index contributed by atoms with van der Waals surface area (Å²) in [6, 6.07) is 20.7. The normalized spacial score (nSPS) is 12.2. The molecule has 0 unspecified atom stereocenters. The van der Waals surface area contributed by atoms with Crippen molar-refractivity contribution in [2.45, 2.75) is 44.9 Å². The third-order valence-corrected chi connectivity index (χ3v) is 8.01. The number of fused-ring (bicyclic) bond motifs is 1. The first-order valence-electron chi connectivity index (χ1n) is 13.3. The maximum Gasteiger partial charge on any atom is 0.419 e. The number of hydrogen-bond donors (Lipinski definition) is 0. The summed E-state index contributed by atoms with van der Waals surface area (Å²) in [5.74, 6) is -3.07. The second kappa shape index (κ2) is 11.8. The number of ether oxygens (including phenoxy) is 1. The molecule has 218 valence electrons. The fraction of sp³-hybridized carbons (Fsp3) is 0.212. The number of benzene rings is 4. The predicted molar refractivity (Wildman–Crippen MR) is 152 cm³/mol. The van der Waals surface area contributed by atoms with Crippen LogP contribution in [0.4, 0.5) is 30.7 Å². The van der Waals surface area contributed by atoms with Gasteiger partial charge >= 0.3 is 12.3 Å². The molecular formula is C33H25F7OS. The lowest BCUT2D eigenvalue weighted by Crippen LogP contribution is -2.25. The van der Waals surface area contributed by atoms with Crippen LogP contribution in [0.3, 0.4) is 0 Å². The first kappa shape index (κ1) is 29.6. The Hall–Kier alpha value is -3.85. The summed E-state index contributed by atoms with van der Waals surface area (Å²) in [4.78, 5) is 1.09. The van der Waals surface area contributed by atoms with Crippen molar-refractivity contribution in [2.75, 3.05) is 0 Å². The van der Waals surface area contributed by atoms with Gasteiger partial charge < -0.3 is 4.74 Å². The lowest BCUT2D eigenvalue weighted by molar-refractivity contribution is -0.180. The van der Waals surface area contributed by atoms with E-state index in [1.54, 1.807) is 23.5 Å². The smallest absolute Gasteiger partial charge is 0.419 e. The topological polar surface area (TPSA) is 9.23 Å². The van der Waals surface area contributed by atoms with Gasteiger partial charge in [0.05, 0.1) is 12.0 Å². The van der Waals surface area contributed by atoms with Gasteiger partial charge in [-0.25, -0.2) is 8.78 Å². The Balaban J connectivity index is 1.22. The van der Waals surface area contributed by atoms with E-state index in [2.05, 4.69) is 31.2 Å². The van der Waals surface area contributed by atoms with Gasteiger partial charge in [0.15, 0.2) is 0 Å². The minimum absolute atomic E-state index is 0.00543. The van der Waals surface area contributed by atoms with Crippen LogP contribution >= 0.6 is 11.3 Å². The highest BCUT2D eigenvalue weighted by Crippen LogP contribution is 2.37. The molecule has 9 heteroatoms. The molecule has 42 heavy (non-hydrogen) atoms. The van der Waals surface area contributed by atoms with Crippen molar-refractivity contribution in [3.8, 4) is 27.3 Å². The second-order valence-electron chi connectivity index (χ2n) is 10.0. The van der Waals surface area contributed by atoms with Gasteiger partial charge in [-0.2, -0.15) is 22.0 Å². The molecule has 0 saturated carbocycles. The van der Waals surface area contributed by atoms with E-state index in [4.69, 9.17) is 4.74 Å². The summed E-state index contributed by atoms with van der Waals surface area (Å²) in [7, 11) is 0. The van der Waals surface area contributed by atoms with E-state index in [9.17, 15) is 30.7 Å². The molecule has 0 saturated heterocycles. The van der Waals surface area contributed by atoms with Crippen molar-refractivity contribution in [1.29, 1.82) is 0 Å². The van der Waals surface area contributed by atoms with Gasteiger partial charge in [-0.05, 0) is 76.9 Å². The average molecular weight is 603 g/mol. The molecule has 1 aromatic heterocycles. The Morgan fingerprint density at radius 3 is 2.07 bits per heavy atom. The molecule has 0 aliphatic heterocycles. The molecular weight excluding hydrogens is 577 g/mol. The highest BCUT2D eigenvalue weighted by molar-refractivity contribution is 7.22. The quantitative estimate of drug-likeness (QED) is 0.153. The zero-order chi connectivity index (χ0) is 30.1. The van der Waals surface area contributed by atoms with Crippen LogP contribution in [0, 0.1) is 11.6 Å². The van der Waals surface area contributed by atoms with Gasteiger partial charge in [-0.1, -0.05) is 55.8 Å². The summed E-state index contributed by atoms with van der Waals surface area (Å²) in [6.45, 7) is 2.14. The van der Waals surface area contributed by atoms with Crippen LogP contribution in [-0.2, 0) is 19.0 Å². The zero-order valence-electron chi connectivity index (χ0n) is 22.4. The molecule has 5 aromatic rings. The Morgan fingerprint density at radius 2 is 1.40 bits per heavy atom. The summed E-state index contributed by atoms with van der Waals surface area (Å²) in [6.07, 6.45) is -7.07. The van der Waals surface area contributed by atoms with Crippen LogP contribution in [-0.4, -0.2) is 6.11 Å². The summed E-state index contributed by atoms with van der Waals surface area (Å²) in [5.41, 5.74) is 1.06. The van der Waals surface area contributed by atoms with Gasteiger partial charge in [-0.3, -0.25) is 0 Å². The van der Waals surface area contributed by atoms with Crippen molar-refractivity contribution in [3.63, 3.8) is 0 Å². The number of hydrogen-bond acceptors (Lipinski definition) is 2. The molecule has 0 radical (unpaired) electrons. The second-order valence-corrected chi connectivity index (χ2v) is 11.1. The van der Waals surface area contributed by atoms with Crippen molar-refractivity contribution < 1.29 is 35.5 Å². The molecule has 0 N–H and O–H groups in total. The number of thiophene rings is 1. The van der Waals surface area contributed by atoms with Crippen molar-refractivity contribution >= 4 is 21.4 Å². The van der Waals surface area contributed by atoms with Crippen LogP contribution in [0.5, 0.6) is 5.75 Å².